The lowest BCUT2D eigenvalue weighted by Gasteiger charge is -2.27. The van der Waals surface area contributed by atoms with Crippen molar-refractivity contribution in [3.8, 4) is 11.5 Å². The quantitative estimate of drug-likeness (QED) is 0.689. The summed E-state index contributed by atoms with van der Waals surface area (Å²) < 4.78 is 11.4. The van der Waals surface area contributed by atoms with E-state index in [1.807, 2.05) is 30.3 Å². The number of carbonyl (C=O) groups excluding carboxylic acids is 1. The highest BCUT2D eigenvalue weighted by molar-refractivity contribution is 5.84. The van der Waals surface area contributed by atoms with Crippen molar-refractivity contribution in [2.24, 2.45) is 5.10 Å². The van der Waals surface area contributed by atoms with Crippen molar-refractivity contribution in [2.75, 3.05) is 6.61 Å². The number of nitrogens with one attached hydrogen (secondary N) is 1. The highest BCUT2D eigenvalue weighted by Gasteiger charge is 2.28. The normalized spacial score (nSPS) is 16.7. The van der Waals surface area contributed by atoms with Crippen LogP contribution in [0.1, 0.15) is 32.0 Å². The monoisotopic (exact) mass is 339 g/mol. The summed E-state index contributed by atoms with van der Waals surface area (Å²) in [7, 11) is 0. The van der Waals surface area contributed by atoms with Crippen molar-refractivity contribution in [3.63, 3.8) is 0 Å². The number of amides is 1. The number of aromatic nitrogens is 1. The van der Waals surface area contributed by atoms with Gasteiger partial charge in [0.25, 0.3) is 5.91 Å². The van der Waals surface area contributed by atoms with E-state index in [4.69, 9.17) is 9.47 Å². The third kappa shape index (κ3) is 4.15. The minimum atomic E-state index is -0.747. The van der Waals surface area contributed by atoms with Gasteiger partial charge in [-0.05, 0) is 35.2 Å². The molecular weight excluding hydrogens is 318 g/mol. The fourth-order valence-electron chi connectivity index (χ4n) is 2.35. The van der Waals surface area contributed by atoms with E-state index in [0.717, 1.165) is 5.56 Å². The molecule has 0 bridgehead atoms. The average molecular weight is 339 g/mol. The van der Waals surface area contributed by atoms with Crippen LogP contribution in [-0.4, -0.2) is 29.8 Å². The third-order valence-electron chi connectivity index (χ3n) is 3.82. The molecule has 0 spiro atoms. The van der Waals surface area contributed by atoms with E-state index >= 15 is 0 Å². The maximum Gasteiger partial charge on any atom is 0.284 e. The van der Waals surface area contributed by atoms with Gasteiger partial charge in [0.2, 0.25) is 6.10 Å². The summed E-state index contributed by atoms with van der Waals surface area (Å²) in [6, 6.07) is 11.3. The molecule has 2 heterocycles. The van der Waals surface area contributed by atoms with Crippen LogP contribution >= 0.6 is 0 Å². The van der Waals surface area contributed by atoms with E-state index in [2.05, 4.69) is 36.3 Å². The second kappa shape index (κ2) is 6.93. The fourth-order valence-corrected chi connectivity index (χ4v) is 2.35. The lowest BCUT2D eigenvalue weighted by molar-refractivity contribution is -0.130. The summed E-state index contributed by atoms with van der Waals surface area (Å²) in [6.07, 6.45) is 2.39. The fraction of sp³-hybridized carbons (Fsp3) is 0.316. The molecule has 0 saturated carbocycles. The molecule has 6 nitrogen and oxygen atoms in total. The molecule has 1 aromatic carbocycles. The van der Waals surface area contributed by atoms with Gasteiger partial charge in [-0.15, -0.1) is 0 Å². The van der Waals surface area contributed by atoms with E-state index in [9.17, 15) is 4.79 Å². The molecule has 1 N–H and O–H groups in total. The number of nitrogens with zero attached hydrogens (tertiary/aromatic N) is 2. The molecule has 1 aliphatic rings. The molecule has 1 aliphatic heterocycles. The number of hydrazone groups is 1. The van der Waals surface area contributed by atoms with Gasteiger partial charge in [-0.2, -0.15) is 5.10 Å². The van der Waals surface area contributed by atoms with Crippen molar-refractivity contribution >= 4 is 12.1 Å². The van der Waals surface area contributed by atoms with Crippen LogP contribution in [0.25, 0.3) is 0 Å². The van der Waals surface area contributed by atoms with Crippen molar-refractivity contribution in [1.29, 1.82) is 0 Å². The molecule has 1 atom stereocenters. The molecule has 1 aromatic heterocycles. The Morgan fingerprint density at radius 3 is 2.84 bits per heavy atom. The summed E-state index contributed by atoms with van der Waals surface area (Å²) >= 11 is 0. The van der Waals surface area contributed by atoms with E-state index in [-0.39, 0.29) is 17.9 Å². The van der Waals surface area contributed by atoms with Gasteiger partial charge in [0, 0.05) is 6.20 Å². The standard InChI is InChI=1S/C19H21N3O3/c1-19(2,3)13-7-8-15-16(10-13)25-17(12-24-15)18(23)22-21-11-14-6-4-5-9-20-14/h4-11,17H,12H2,1-3H3,(H,22,23)/b21-11+/t17-/m0/s1. The summed E-state index contributed by atoms with van der Waals surface area (Å²) in [4.78, 5) is 16.3. The molecule has 1 amide bonds. The van der Waals surface area contributed by atoms with Crippen LogP contribution in [0, 0.1) is 0 Å². The van der Waals surface area contributed by atoms with Gasteiger partial charge in [0.15, 0.2) is 11.5 Å². The predicted octanol–water partition coefficient (Wildman–Crippen LogP) is 2.67. The van der Waals surface area contributed by atoms with Crippen LogP contribution in [-0.2, 0) is 10.2 Å². The zero-order valence-corrected chi connectivity index (χ0v) is 14.5. The summed E-state index contributed by atoms with van der Waals surface area (Å²) in [5.74, 6) is 0.862. The number of pyridine rings is 1. The first-order valence-corrected chi connectivity index (χ1v) is 8.11. The molecule has 0 unspecified atom stereocenters. The Morgan fingerprint density at radius 2 is 2.12 bits per heavy atom. The third-order valence-corrected chi connectivity index (χ3v) is 3.82. The Kier molecular flexibility index (Phi) is 4.70. The number of carbonyl (C=O) groups is 1. The van der Waals surface area contributed by atoms with E-state index < -0.39 is 6.10 Å². The molecule has 3 rings (SSSR count). The number of hydrogen-bond acceptors (Lipinski definition) is 5. The summed E-state index contributed by atoms with van der Waals surface area (Å²) in [6.45, 7) is 6.51. The highest BCUT2D eigenvalue weighted by atomic mass is 16.6. The molecule has 6 heteroatoms. The lowest BCUT2D eigenvalue weighted by Crippen LogP contribution is -2.42. The first kappa shape index (κ1) is 17.0. The number of fused-ring (bicyclic) bond motifs is 1. The number of benzene rings is 1. The van der Waals surface area contributed by atoms with Gasteiger partial charge in [-0.3, -0.25) is 9.78 Å². The highest BCUT2D eigenvalue weighted by Crippen LogP contribution is 2.36. The van der Waals surface area contributed by atoms with Gasteiger partial charge in [0.05, 0.1) is 11.9 Å². The summed E-state index contributed by atoms with van der Waals surface area (Å²) in [5, 5.41) is 3.91. The maximum absolute atomic E-state index is 12.2. The molecular formula is C19H21N3O3. The van der Waals surface area contributed by atoms with E-state index in [1.54, 1.807) is 12.3 Å². The second-order valence-electron chi connectivity index (χ2n) is 6.82. The van der Waals surface area contributed by atoms with Crippen molar-refractivity contribution in [1.82, 2.24) is 10.4 Å². The molecule has 0 saturated heterocycles. The minimum Gasteiger partial charge on any atom is -0.485 e. The van der Waals surface area contributed by atoms with Crippen molar-refractivity contribution in [2.45, 2.75) is 32.3 Å². The molecule has 25 heavy (non-hydrogen) atoms. The Morgan fingerprint density at radius 1 is 1.28 bits per heavy atom. The maximum atomic E-state index is 12.2. The number of rotatable bonds is 3. The van der Waals surface area contributed by atoms with Gasteiger partial charge < -0.3 is 9.47 Å². The minimum absolute atomic E-state index is 0.0133. The van der Waals surface area contributed by atoms with Crippen LogP contribution in [0.4, 0.5) is 0 Å². The molecule has 0 radical (unpaired) electrons. The zero-order chi connectivity index (χ0) is 17.9. The average Bonchev–Trinajstić information content (AvgIpc) is 2.61. The van der Waals surface area contributed by atoms with Crippen molar-refractivity contribution in [3.05, 3.63) is 53.9 Å². The Hall–Kier alpha value is -2.89. The number of ether oxygens (including phenoxy) is 2. The van der Waals surface area contributed by atoms with Crippen LogP contribution in [0.2, 0.25) is 0 Å². The van der Waals surface area contributed by atoms with Crippen molar-refractivity contribution < 1.29 is 14.3 Å². The number of hydrogen-bond donors (Lipinski definition) is 1. The van der Waals surface area contributed by atoms with Gasteiger partial charge in [0.1, 0.15) is 6.61 Å². The first-order chi connectivity index (χ1) is 11.9. The Labute approximate surface area is 146 Å². The first-order valence-electron chi connectivity index (χ1n) is 8.11. The molecule has 2 aromatic rings. The van der Waals surface area contributed by atoms with E-state index in [0.29, 0.717) is 17.2 Å². The lowest BCUT2D eigenvalue weighted by atomic mass is 9.87. The largest absolute Gasteiger partial charge is 0.485 e. The van der Waals surface area contributed by atoms with Gasteiger partial charge in [-0.1, -0.05) is 32.9 Å². The van der Waals surface area contributed by atoms with Crippen LogP contribution in [0.15, 0.2) is 47.7 Å². The topological polar surface area (TPSA) is 72.8 Å². The molecule has 0 fully saturated rings. The van der Waals surface area contributed by atoms with Crippen LogP contribution in [0.3, 0.4) is 0 Å². The molecule has 0 aliphatic carbocycles. The molecule has 130 valence electrons. The zero-order valence-electron chi connectivity index (χ0n) is 14.5. The predicted molar refractivity (Wildman–Crippen MR) is 95.0 cm³/mol. The second-order valence-corrected chi connectivity index (χ2v) is 6.82. The SMILES string of the molecule is CC(C)(C)c1ccc2c(c1)O[C@H](C(=O)N/N=C/c1ccccn1)CO2. The van der Waals surface area contributed by atoms with Gasteiger partial charge >= 0.3 is 0 Å². The Bertz CT molecular complexity index is 782. The Balaban J connectivity index is 1.65. The van der Waals surface area contributed by atoms with E-state index in [1.165, 1.54) is 6.21 Å². The van der Waals surface area contributed by atoms with Crippen LogP contribution < -0.4 is 14.9 Å². The van der Waals surface area contributed by atoms with Crippen LogP contribution in [0.5, 0.6) is 11.5 Å². The smallest absolute Gasteiger partial charge is 0.284 e. The summed E-state index contributed by atoms with van der Waals surface area (Å²) in [5.41, 5.74) is 4.22. The van der Waals surface area contributed by atoms with Gasteiger partial charge in [-0.25, -0.2) is 5.43 Å².